The van der Waals surface area contributed by atoms with E-state index in [-0.39, 0.29) is 11.3 Å². The van der Waals surface area contributed by atoms with E-state index >= 15 is 0 Å². The lowest BCUT2D eigenvalue weighted by molar-refractivity contribution is -0.0944. The Morgan fingerprint density at radius 1 is 1.62 bits per heavy atom. The molecule has 1 aliphatic heterocycles. The fourth-order valence-corrected chi connectivity index (χ4v) is 3.94. The highest BCUT2D eigenvalue weighted by atomic mass is 16.3. The first kappa shape index (κ1) is 10.1. The number of hydrogen-bond acceptors (Lipinski definition) is 3. The van der Waals surface area contributed by atoms with Crippen LogP contribution in [-0.4, -0.2) is 27.6 Å². The summed E-state index contributed by atoms with van der Waals surface area (Å²) in [7, 11) is 0. The van der Waals surface area contributed by atoms with Crippen LogP contribution in [0.25, 0.3) is 0 Å². The van der Waals surface area contributed by atoms with E-state index in [2.05, 4.69) is 18.9 Å². The highest BCUT2D eigenvalue weighted by Gasteiger charge is 2.75. The number of hydrogen-bond donors (Lipinski definition) is 2. The molecule has 5 heteroatoms. The maximum Gasteiger partial charge on any atom is 0.337 e. The second-order valence-electron chi connectivity index (χ2n) is 5.91. The van der Waals surface area contributed by atoms with E-state index in [0.29, 0.717) is 18.3 Å². The standard InChI is InChI=1S/C11H17N3O2/c1-5-7-8-6(10(8,2)3)4-11(7,16)14(13-5)9(12)15/h6-8,16H,4H2,1-3H3,(H2,12,15)/t6-,7-,8-,11+/m1/s1. The molecule has 3 aliphatic rings. The zero-order valence-electron chi connectivity index (χ0n) is 9.77. The summed E-state index contributed by atoms with van der Waals surface area (Å²) >= 11 is 0. The summed E-state index contributed by atoms with van der Waals surface area (Å²) in [4.78, 5) is 11.3. The van der Waals surface area contributed by atoms with Crippen molar-refractivity contribution < 1.29 is 9.90 Å². The molecular formula is C11H17N3O2. The molecule has 2 aliphatic carbocycles. The number of rotatable bonds is 0. The molecule has 2 amide bonds. The summed E-state index contributed by atoms with van der Waals surface area (Å²) < 4.78 is 0. The van der Waals surface area contributed by atoms with Crippen LogP contribution in [0.2, 0.25) is 0 Å². The Bertz CT molecular complexity index is 417. The van der Waals surface area contributed by atoms with E-state index in [9.17, 15) is 9.90 Å². The van der Waals surface area contributed by atoms with Crippen molar-refractivity contribution in [3.05, 3.63) is 0 Å². The zero-order chi connectivity index (χ0) is 11.9. The van der Waals surface area contributed by atoms with Gasteiger partial charge in [-0.05, 0) is 24.2 Å². The first-order valence-electron chi connectivity index (χ1n) is 5.67. The molecule has 0 saturated heterocycles. The highest BCUT2D eigenvalue weighted by Crippen LogP contribution is 2.73. The van der Waals surface area contributed by atoms with Crippen LogP contribution < -0.4 is 5.73 Å². The van der Waals surface area contributed by atoms with E-state index < -0.39 is 11.8 Å². The Hall–Kier alpha value is -1.10. The summed E-state index contributed by atoms with van der Waals surface area (Å²) in [5.74, 6) is 0.889. The van der Waals surface area contributed by atoms with E-state index in [4.69, 9.17) is 5.73 Å². The van der Waals surface area contributed by atoms with Gasteiger partial charge in [0.2, 0.25) is 0 Å². The molecule has 1 heterocycles. The van der Waals surface area contributed by atoms with Gasteiger partial charge in [0.1, 0.15) is 0 Å². The number of aliphatic hydroxyl groups is 1. The number of urea groups is 1. The highest BCUT2D eigenvalue weighted by molar-refractivity contribution is 5.91. The van der Waals surface area contributed by atoms with Gasteiger partial charge in [0.05, 0.1) is 5.92 Å². The van der Waals surface area contributed by atoms with Crippen LogP contribution in [0.5, 0.6) is 0 Å². The van der Waals surface area contributed by atoms with Crippen molar-refractivity contribution >= 4 is 11.7 Å². The summed E-state index contributed by atoms with van der Waals surface area (Å²) in [6.07, 6.45) is 0.596. The van der Waals surface area contributed by atoms with Crippen LogP contribution in [0.15, 0.2) is 5.10 Å². The van der Waals surface area contributed by atoms with Crippen molar-refractivity contribution in [2.24, 2.45) is 34.0 Å². The van der Waals surface area contributed by atoms with Crippen LogP contribution >= 0.6 is 0 Å². The Labute approximate surface area is 94.3 Å². The van der Waals surface area contributed by atoms with Crippen molar-refractivity contribution in [3.8, 4) is 0 Å². The van der Waals surface area contributed by atoms with Crippen molar-refractivity contribution in [1.29, 1.82) is 0 Å². The van der Waals surface area contributed by atoms with Gasteiger partial charge in [-0.3, -0.25) is 0 Å². The molecule has 16 heavy (non-hydrogen) atoms. The molecule has 0 spiro atoms. The number of fused-ring (bicyclic) bond motifs is 3. The fraction of sp³-hybridized carbons (Fsp3) is 0.818. The van der Waals surface area contributed by atoms with Crippen molar-refractivity contribution in [2.45, 2.75) is 32.9 Å². The number of primary amides is 1. The molecule has 2 fully saturated rings. The third kappa shape index (κ3) is 0.867. The molecule has 5 nitrogen and oxygen atoms in total. The molecule has 88 valence electrons. The molecule has 3 N–H and O–H groups in total. The molecule has 0 radical (unpaired) electrons. The molecular weight excluding hydrogens is 206 g/mol. The number of hydrazone groups is 1. The molecule has 0 aromatic rings. The predicted octanol–water partition coefficient (Wildman–Crippen LogP) is 0.737. The number of nitrogens with zero attached hydrogens (tertiary/aromatic N) is 2. The minimum absolute atomic E-state index is 0.0278. The maximum atomic E-state index is 11.3. The molecule has 0 bridgehead atoms. The van der Waals surface area contributed by atoms with Gasteiger partial charge in [-0.15, -0.1) is 0 Å². The summed E-state index contributed by atoms with van der Waals surface area (Å²) in [6.45, 7) is 6.29. The largest absolute Gasteiger partial charge is 0.368 e. The molecule has 2 saturated carbocycles. The van der Waals surface area contributed by atoms with Gasteiger partial charge in [-0.2, -0.15) is 10.1 Å². The van der Waals surface area contributed by atoms with Crippen LogP contribution in [0, 0.1) is 23.2 Å². The minimum atomic E-state index is -1.15. The Kier molecular flexibility index (Phi) is 1.53. The summed E-state index contributed by atoms with van der Waals surface area (Å²) in [5.41, 5.74) is 5.19. The Morgan fingerprint density at radius 3 is 2.81 bits per heavy atom. The normalized spacial score (nSPS) is 47.4. The lowest BCUT2D eigenvalue weighted by Gasteiger charge is -2.34. The second kappa shape index (κ2) is 2.42. The lowest BCUT2D eigenvalue weighted by Crippen LogP contribution is -2.52. The van der Waals surface area contributed by atoms with E-state index in [1.165, 1.54) is 0 Å². The van der Waals surface area contributed by atoms with Gasteiger partial charge < -0.3 is 10.8 Å². The molecule has 3 rings (SSSR count). The monoisotopic (exact) mass is 223 g/mol. The number of amides is 2. The third-order valence-corrected chi connectivity index (χ3v) is 4.80. The van der Waals surface area contributed by atoms with Crippen LogP contribution in [-0.2, 0) is 0 Å². The quantitative estimate of drug-likeness (QED) is 0.635. The van der Waals surface area contributed by atoms with E-state index in [1.54, 1.807) is 0 Å². The average molecular weight is 223 g/mol. The topological polar surface area (TPSA) is 78.9 Å². The molecule has 0 aromatic heterocycles. The Morgan fingerprint density at radius 2 is 2.25 bits per heavy atom. The lowest BCUT2D eigenvalue weighted by atomic mass is 9.84. The first-order chi connectivity index (χ1) is 7.30. The van der Waals surface area contributed by atoms with E-state index in [0.717, 1.165) is 10.7 Å². The van der Waals surface area contributed by atoms with Crippen LogP contribution in [0.3, 0.4) is 0 Å². The van der Waals surface area contributed by atoms with Gasteiger partial charge in [0, 0.05) is 12.1 Å². The maximum absolute atomic E-state index is 11.3. The van der Waals surface area contributed by atoms with Crippen molar-refractivity contribution in [1.82, 2.24) is 5.01 Å². The predicted molar refractivity (Wildman–Crippen MR) is 58.3 cm³/mol. The fourth-order valence-electron chi connectivity index (χ4n) is 3.94. The van der Waals surface area contributed by atoms with Crippen molar-refractivity contribution in [2.75, 3.05) is 0 Å². The van der Waals surface area contributed by atoms with Gasteiger partial charge in [0.25, 0.3) is 0 Å². The number of nitrogens with two attached hydrogens (primary N) is 1. The smallest absolute Gasteiger partial charge is 0.337 e. The summed E-state index contributed by atoms with van der Waals surface area (Å²) in [5, 5.41) is 15.8. The first-order valence-corrected chi connectivity index (χ1v) is 5.67. The van der Waals surface area contributed by atoms with Crippen LogP contribution in [0.4, 0.5) is 4.79 Å². The van der Waals surface area contributed by atoms with Gasteiger partial charge >= 0.3 is 6.03 Å². The molecule has 4 atom stereocenters. The van der Waals surface area contributed by atoms with Crippen LogP contribution in [0.1, 0.15) is 27.2 Å². The average Bonchev–Trinajstić information content (AvgIpc) is 2.51. The minimum Gasteiger partial charge on any atom is -0.368 e. The van der Waals surface area contributed by atoms with Crippen molar-refractivity contribution in [3.63, 3.8) is 0 Å². The molecule has 0 unspecified atom stereocenters. The molecule has 0 aromatic carbocycles. The SMILES string of the molecule is CC1=NN(C(N)=O)[C@]2(O)C[C@@H]3[C@H]([C@@H]12)C3(C)C. The van der Waals surface area contributed by atoms with Gasteiger partial charge in [0.15, 0.2) is 5.72 Å². The number of carbonyl (C=O) groups is 1. The second-order valence-corrected chi connectivity index (χ2v) is 5.91. The third-order valence-electron chi connectivity index (χ3n) is 4.80. The Balaban J connectivity index is 1.99. The van der Waals surface area contributed by atoms with Gasteiger partial charge in [-0.25, -0.2) is 4.79 Å². The summed E-state index contributed by atoms with van der Waals surface area (Å²) in [6, 6.07) is -0.663. The number of carbonyl (C=O) groups excluding carboxylic acids is 1. The van der Waals surface area contributed by atoms with E-state index in [1.807, 2.05) is 6.92 Å². The zero-order valence-corrected chi connectivity index (χ0v) is 9.77. The van der Waals surface area contributed by atoms with Gasteiger partial charge in [-0.1, -0.05) is 13.8 Å².